The summed E-state index contributed by atoms with van der Waals surface area (Å²) in [7, 11) is -0.735. The monoisotopic (exact) mass is 976 g/mol. The number of halogens is 3. The van der Waals surface area contributed by atoms with Crippen molar-refractivity contribution in [1.29, 1.82) is 0 Å². The topological polar surface area (TPSA) is 156 Å². The largest absolute Gasteiger partial charge is 0.468 e. The van der Waals surface area contributed by atoms with Crippen molar-refractivity contribution >= 4 is 48.0 Å². The van der Waals surface area contributed by atoms with E-state index in [0.717, 1.165) is 13.0 Å². The molecular weight excluding hydrogens is 914 g/mol. The van der Waals surface area contributed by atoms with Crippen molar-refractivity contribution < 1.29 is 50.9 Å². The van der Waals surface area contributed by atoms with E-state index in [1.165, 1.54) is 47.6 Å². The number of carbonyl (C=O) groups is 2. The van der Waals surface area contributed by atoms with Crippen LogP contribution in [0.2, 0.25) is 18.1 Å². The number of pyridine rings is 1. The van der Waals surface area contributed by atoms with Crippen molar-refractivity contribution in [3.05, 3.63) is 66.4 Å². The van der Waals surface area contributed by atoms with Crippen LogP contribution < -0.4 is 14.4 Å². The summed E-state index contributed by atoms with van der Waals surface area (Å²) in [4.78, 5) is 50.6. The van der Waals surface area contributed by atoms with Crippen LogP contribution >= 0.6 is 0 Å². The molecule has 2 aromatic carbocycles. The number of aromatic nitrogens is 5. The third-order valence-electron chi connectivity index (χ3n) is 13.7. The number of carbonyl (C=O) groups excluding carboxylic acids is 2. The van der Waals surface area contributed by atoms with Gasteiger partial charge < -0.3 is 37.9 Å². The number of nitrogens with zero attached hydrogens (tertiary/aromatic N) is 8. The molecule has 3 aliphatic heterocycles. The van der Waals surface area contributed by atoms with Gasteiger partial charge in [-0.3, -0.25) is 9.88 Å². The van der Waals surface area contributed by atoms with Crippen LogP contribution in [0.25, 0.3) is 32.9 Å². The maximum atomic E-state index is 18.0. The molecule has 0 aliphatic carbocycles. The van der Waals surface area contributed by atoms with Crippen LogP contribution in [-0.4, -0.2) is 145 Å². The highest BCUT2D eigenvalue weighted by Crippen LogP contribution is 2.43. The first kappa shape index (κ1) is 49.8. The van der Waals surface area contributed by atoms with Gasteiger partial charge >= 0.3 is 18.2 Å². The summed E-state index contributed by atoms with van der Waals surface area (Å²) >= 11 is 0. The standard InChI is InChI=1S/C49H63F3N8O8Si/c1-47(2,3)68-46(62)58-19-18-57(26-34(27-58)67-45(61)59-17-15-53-29-59)43-37-24-54-41(40(52)42(37)55-44(56-43)64-28-49-14-10-16-60(49)25-32(50)23-49)36-22-33(65-30-63-7)21-31-11-12-38(51)35(39(31)36)13-20-66-69(8,9)48(4,5)6/h11-12,15,17,21-22,24,29,32,34H,10,13-14,16,18-20,23,25-28,30H2,1-9H3/t32-,34?,49+/m1/s1. The lowest BCUT2D eigenvalue weighted by molar-refractivity contribution is 0.0160. The number of fused-ring (bicyclic) bond motifs is 3. The van der Waals surface area contributed by atoms with Crippen molar-refractivity contribution in [2.45, 2.75) is 109 Å². The van der Waals surface area contributed by atoms with Crippen LogP contribution in [0.15, 0.2) is 49.2 Å². The van der Waals surface area contributed by atoms with Crippen molar-refractivity contribution in [3.8, 4) is 23.0 Å². The lowest BCUT2D eigenvalue weighted by Crippen LogP contribution is -2.43. The number of rotatable bonds is 13. The Morgan fingerprint density at radius 3 is 2.49 bits per heavy atom. The Bertz CT molecular complexity index is 2680. The highest BCUT2D eigenvalue weighted by atomic mass is 28.4. The Kier molecular flexibility index (Phi) is 14.2. The molecule has 1 unspecified atom stereocenters. The molecule has 0 spiro atoms. The van der Waals surface area contributed by atoms with Crippen molar-refractivity contribution in [2.75, 3.05) is 71.3 Å². The lowest BCUT2D eigenvalue weighted by atomic mass is 9.94. The van der Waals surface area contributed by atoms with E-state index in [0.29, 0.717) is 35.1 Å². The van der Waals surface area contributed by atoms with Crippen LogP contribution in [0.5, 0.6) is 11.8 Å². The van der Waals surface area contributed by atoms with Crippen LogP contribution in [0.1, 0.15) is 66.4 Å². The normalized spacial score (nSPS) is 20.3. The molecule has 20 heteroatoms. The van der Waals surface area contributed by atoms with Gasteiger partial charge in [-0.25, -0.2) is 32.3 Å². The molecule has 16 nitrogen and oxygen atoms in total. The third-order valence-corrected chi connectivity index (χ3v) is 18.2. The predicted molar refractivity (Wildman–Crippen MR) is 256 cm³/mol. The smallest absolute Gasteiger partial charge is 0.419 e. The fourth-order valence-electron chi connectivity index (χ4n) is 9.22. The SMILES string of the molecule is COCOc1cc(-c2ncc3c(N4CCN(C(=O)OC(C)(C)C)CC(OC(=O)n5ccnc5)C4)nc(OC[C@@]45CCCN4C[C@H](F)C5)nc3c2F)c2c(CCO[Si](C)(C)C(C)(C)C)c(F)ccc2c1. The molecule has 3 fully saturated rings. The van der Waals surface area contributed by atoms with E-state index >= 15 is 8.78 Å². The number of ether oxygens (including phenoxy) is 5. The van der Waals surface area contributed by atoms with Crippen molar-refractivity contribution in [2.24, 2.45) is 0 Å². The summed E-state index contributed by atoms with van der Waals surface area (Å²) in [5.41, 5.74) is -1.13. The minimum Gasteiger partial charge on any atom is -0.468 e. The first-order valence-electron chi connectivity index (χ1n) is 23.5. The molecule has 6 heterocycles. The average Bonchev–Trinajstić information content (AvgIpc) is 3.99. The van der Waals surface area contributed by atoms with Gasteiger partial charge in [-0.05, 0) is 99.2 Å². The second-order valence-corrected chi connectivity index (χ2v) is 25.5. The number of imidazole rings is 1. The van der Waals surface area contributed by atoms with Gasteiger partial charge in [0.1, 0.15) is 59.4 Å². The Labute approximate surface area is 401 Å². The van der Waals surface area contributed by atoms with Gasteiger partial charge in [-0.1, -0.05) is 26.8 Å². The fraction of sp³-hybridized carbons (Fsp3) is 0.551. The van der Waals surface area contributed by atoms with Gasteiger partial charge in [0.2, 0.25) is 0 Å². The lowest BCUT2D eigenvalue weighted by Gasteiger charge is -2.36. The maximum Gasteiger partial charge on any atom is 0.419 e. The Morgan fingerprint density at radius 2 is 1.77 bits per heavy atom. The summed E-state index contributed by atoms with van der Waals surface area (Å²) in [6, 6.07) is 6.18. The van der Waals surface area contributed by atoms with E-state index in [1.807, 2.05) is 0 Å². The first-order chi connectivity index (χ1) is 32.6. The highest BCUT2D eigenvalue weighted by molar-refractivity contribution is 6.74. The zero-order valence-corrected chi connectivity index (χ0v) is 41.9. The van der Waals surface area contributed by atoms with Crippen LogP contribution in [0, 0.1) is 11.6 Å². The van der Waals surface area contributed by atoms with Gasteiger partial charge in [-0.15, -0.1) is 0 Å². The molecule has 8 rings (SSSR count). The average molecular weight is 977 g/mol. The summed E-state index contributed by atoms with van der Waals surface area (Å²) in [5, 5.41) is 1.11. The zero-order valence-electron chi connectivity index (χ0n) is 40.9. The Morgan fingerprint density at radius 1 is 0.971 bits per heavy atom. The predicted octanol–water partition coefficient (Wildman–Crippen LogP) is 8.93. The molecule has 3 saturated heterocycles. The quantitative estimate of drug-likeness (QED) is 0.0814. The number of methoxy groups -OCH3 is 1. The third kappa shape index (κ3) is 10.8. The van der Waals surface area contributed by atoms with E-state index in [-0.39, 0.29) is 98.1 Å². The van der Waals surface area contributed by atoms with E-state index in [1.54, 1.807) is 43.9 Å². The molecule has 0 saturated carbocycles. The second-order valence-electron chi connectivity index (χ2n) is 20.7. The molecular formula is C49H63F3N8O8Si. The van der Waals surface area contributed by atoms with Crippen molar-refractivity contribution in [1.82, 2.24) is 34.3 Å². The van der Waals surface area contributed by atoms with Crippen LogP contribution in [-0.2, 0) is 25.1 Å². The van der Waals surface area contributed by atoms with E-state index in [9.17, 15) is 14.0 Å². The Balaban J connectivity index is 1.25. The van der Waals surface area contributed by atoms with E-state index < -0.39 is 55.6 Å². The molecule has 0 radical (unpaired) electrons. The number of anilines is 1. The number of hydrogen-bond acceptors (Lipinski definition) is 14. The Hall–Kier alpha value is -5.57. The molecule has 3 atom stereocenters. The number of benzene rings is 2. The van der Waals surface area contributed by atoms with Gasteiger partial charge in [0.25, 0.3) is 0 Å². The van der Waals surface area contributed by atoms with Gasteiger partial charge in [-0.2, -0.15) is 9.97 Å². The molecule has 5 aromatic rings. The summed E-state index contributed by atoms with van der Waals surface area (Å²) in [6.07, 6.45) is 4.39. The molecule has 69 heavy (non-hydrogen) atoms. The number of amides is 1. The van der Waals surface area contributed by atoms with E-state index in [2.05, 4.69) is 43.7 Å². The van der Waals surface area contributed by atoms with Crippen molar-refractivity contribution in [3.63, 3.8) is 0 Å². The van der Waals surface area contributed by atoms with Gasteiger partial charge in [0, 0.05) is 63.9 Å². The second kappa shape index (κ2) is 19.7. The zero-order chi connectivity index (χ0) is 49.5. The minimum absolute atomic E-state index is 0.000981. The summed E-state index contributed by atoms with van der Waals surface area (Å²) in [5.74, 6) is -0.809. The number of hydrogen-bond donors (Lipinski definition) is 0. The maximum absolute atomic E-state index is 18.0. The number of alkyl halides is 1. The molecule has 0 bridgehead atoms. The minimum atomic E-state index is -2.22. The fourth-order valence-corrected chi connectivity index (χ4v) is 10.3. The first-order valence-corrected chi connectivity index (χ1v) is 26.4. The van der Waals surface area contributed by atoms with Crippen LogP contribution in [0.3, 0.4) is 0 Å². The highest BCUT2D eigenvalue weighted by Gasteiger charge is 2.49. The summed E-state index contributed by atoms with van der Waals surface area (Å²) < 4.78 is 86.0. The van der Waals surface area contributed by atoms with Gasteiger partial charge in [0.15, 0.2) is 20.9 Å². The molecule has 0 N–H and O–H groups in total. The molecule has 372 valence electrons. The summed E-state index contributed by atoms with van der Waals surface area (Å²) in [6.45, 7) is 17.3. The van der Waals surface area contributed by atoms with Crippen LogP contribution in [0.4, 0.5) is 28.6 Å². The molecule has 3 aliphatic rings. The van der Waals surface area contributed by atoms with Gasteiger partial charge in [0.05, 0.1) is 24.0 Å². The molecule has 1 amide bonds. The molecule has 3 aromatic heterocycles. The van der Waals surface area contributed by atoms with E-state index in [4.69, 9.17) is 43.1 Å².